The van der Waals surface area contributed by atoms with Crippen LogP contribution in [0.3, 0.4) is 0 Å². The molecule has 0 aromatic rings. The van der Waals surface area contributed by atoms with Crippen LogP contribution in [0.5, 0.6) is 0 Å². The zero-order valence-electron chi connectivity index (χ0n) is 13.2. The Morgan fingerprint density at radius 2 is 1.84 bits per heavy atom. The second kappa shape index (κ2) is 6.27. The van der Waals surface area contributed by atoms with Gasteiger partial charge in [0.15, 0.2) is 0 Å². The normalized spacial score (nSPS) is 29.8. The van der Waals surface area contributed by atoms with Gasteiger partial charge in [0.2, 0.25) is 0 Å². The van der Waals surface area contributed by atoms with E-state index in [9.17, 15) is 0 Å². The van der Waals surface area contributed by atoms with Crippen molar-refractivity contribution in [3.05, 3.63) is 12.3 Å². The molecule has 2 rings (SSSR count). The smallest absolute Gasteiger partial charge is 0.0713 e. The molecule has 1 aliphatic carbocycles. The minimum absolute atomic E-state index is 0.586. The molecule has 19 heavy (non-hydrogen) atoms. The quantitative estimate of drug-likeness (QED) is 0.773. The van der Waals surface area contributed by atoms with Gasteiger partial charge in [0, 0.05) is 30.9 Å². The molecule has 2 fully saturated rings. The molecule has 0 N–H and O–H groups in total. The monoisotopic (exact) mass is 265 g/mol. The zero-order chi connectivity index (χ0) is 14.0. The molecule has 3 nitrogen and oxygen atoms in total. The van der Waals surface area contributed by atoms with Crippen LogP contribution in [0.1, 0.15) is 39.5 Å². The molecule has 0 radical (unpaired) electrons. The van der Waals surface area contributed by atoms with E-state index in [1.165, 1.54) is 37.9 Å². The summed E-state index contributed by atoms with van der Waals surface area (Å²) in [6.07, 6.45) is 5.54. The van der Waals surface area contributed by atoms with E-state index in [2.05, 4.69) is 49.2 Å². The van der Waals surface area contributed by atoms with Crippen molar-refractivity contribution < 1.29 is 0 Å². The van der Waals surface area contributed by atoms with Gasteiger partial charge in [0.05, 0.1) is 6.67 Å². The molecule has 1 heterocycles. The fourth-order valence-electron chi connectivity index (χ4n) is 3.65. The molecule has 0 aromatic carbocycles. The molecule has 110 valence electrons. The average Bonchev–Trinajstić information content (AvgIpc) is 2.71. The molecule has 1 saturated heterocycles. The molecule has 0 unspecified atom stereocenters. The van der Waals surface area contributed by atoms with Gasteiger partial charge in [-0.3, -0.25) is 4.90 Å². The van der Waals surface area contributed by atoms with Gasteiger partial charge in [0.25, 0.3) is 0 Å². The van der Waals surface area contributed by atoms with Crippen molar-refractivity contribution in [2.45, 2.75) is 51.6 Å². The number of rotatable bonds is 4. The first-order chi connectivity index (χ1) is 8.97. The Balaban J connectivity index is 1.81. The SMILES string of the molecule is C=C1CN(C2CCC(CN(C)C)CC2)CN1C(C)C. The van der Waals surface area contributed by atoms with Crippen molar-refractivity contribution in [2.24, 2.45) is 5.92 Å². The molecule has 2 aliphatic rings. The van der Waals surface area contributed by atoms with Crippen LogP contribution in [0.2, 0.25) is 0 Å². The van der Waals surface area contributed by atoms with Crippen molar-refractivity contribution in [3.8, 4) is 0 Å². The van der Waals surface area contributed by atoms with Crippen LogP contribution >= 0.6 is 0 Å². The third-order valence-electron chi connectivity index (χ3n) is 4.71. The van der Waals surface area contributed by atoms with Crippen molar-refractivity contribution >= 4 is 0 Å². The lowest BCUT2D eigenvalue weighted by molar-refractivity contribution is 0.123. The van der Waals surface area contributed by atoms with Crippen LogP contribution in [0, 0.1) is 5.92 Å². The van der Waals surface area contributed by atoms with Gasteiger partial charge in [-0.2, -0.15) is 0 Å². The van der Waals surface area contributed by atoms with Gasteiger partial charge in [-0.15, -0.1) is 0 Å². The summed E-state index contributed by atoms with van der Waals surface area (Å²) in [4.78, 5) is 7.43. The highest BCUT2D eigenvalue weighted by atomic mass is 15.4. The lowest BCUT2D eigenvalue weighted by atomic mass is 9.85. The zero-order valence-corrected chi connectivity index (χ0v) is 13.2. The highest BCUT2D eigenvalue weighted by Crippen LogP contribution is 2.31. The molecule has 0 aromatic heterocycles. The summed E-state index contributed by atoms with van der Waals surface area (Å²) in [5.74, 6) is 0.915. The predicted molar refractivity (Wildman–Crippen MR) is 82.0 cm³/mol. The predicted octanol–water partition coefficient (Wildman–Crippen LogP) is 2.60. The van der Waals surface area contributed by atoms with E-state index in [1.54, 1.807) is 0 Å². The lowest BCUT2D eigenvalue weighted by Gasteiger charge is -2.35. The number of nitrogens with zero attached hydrogens (tertiary/aromatic N) is 3. The van der Waals surface area contributed by atoms with E-state index in [0.29, 0.717) is 6.04 Å². The fraction of sp³-hybridized carbons (Fsp3) is 0.875. The van der Waals surface area contributed by atoms with E-state index in [0.717, 1.165) is 25.2 Å². The Bertz CT molecular complexity index is 303. The maximum Gasteiger partial charge on any atom is 0.0713 e. The summed E-state index contributed by atoms with van der Waals surface area (Å²) >= 11 is 0. The van der Waals surface area contributed by atoms with Crippen molar-refractivity contribution in [1.82, 2.24) is 14.7 Å². The molecular weight excluding hydrogens is 234 g/mol. The summed E-state index contributed by atoms with van der Waals surface area (Å²) in [6.45, 7) is 12.2. The van der Waals surface area contributed by atoms with Crippen LogP contribution in [-0.4, -0.2) is 60.6 Å². The van der Waals surface area contributed by atoms with Gasteiger partial charge in [-0.05, 0) is 59.5 Å². The van der Waals surface area contributed by atoms with Crippen LogP contribution in [0.15, 0.2) is 12.3 Å². The van der Waals surface area contributed by atoms with Gasteiger partial charge >= 0.3 is 0 Å². The van der Waals surface area contributed by atoms with Gasteiger partial charge < -0.3 is 9.80 Å². The van der Waals surface area contributed by atoms with Crippen LogP contribution in [-0.2, 0) is 0 Å². The standard InChI is InChI=1S/C16H31N3/c1-13(2)19-12-18(10-14(19)3)16-8-6-15(7-9-16)11-17(4)5/h13,15-16H,3,6-12H2,1-2,4-5H3. The van der Waals surface area contributed by atoms with Crippen LogP contribution in [0.4, 0.5) is 0 Å². The highest BCUT2D eigenvalue weighted by Gasteiger charge is 2.32. The second-order valence-corrected chi connectivity index (χ2v) is 6.95. The Labute approximate surface area is 119 Å². The molecule has 3 heteroatoms. The summed E-state index contributed by atoms with van der Waals surface area (Å²) in [6, 6.07) is 1.38. The molecule has 1 saturated carbocycles. The van der Waals surface area contributed by atoms with Gasteiger partial charge in [-0.25, -0.2) is 0 Å². The van der Waals surface area contributed by atoms with E-state index in [-0.39, 0.29) is 0 Å². The third-order valence-corrected chi connectivity index (χ3v) is 4.71. The third kappa shape index (κ3) is 3.73. The van der Waals surface area contributed by atoms with Gasteiger partial charge in [-0.1, -0.05) is 6.58 Å². The van der Waals surface area contributed by atoms with Crippen molar-refractivity contribution in [3.63, 3.8) is 0 Å². The minimum atomic E-state index is 0.586. The first-order valence-corrected chi connectivity index (χ1v) is 7.80. The summed E-state index contributed by atoms with van der Waals surface area (Å²) < 4.78 is 0. The molecule has 0 spiro atoms. The first kappa shape index (κ1) is 14.9. The number of hydrogen-bond acceptors (Lipinski definition) is 3. The van der Waals surface area contributed by atoms with Gasteiger partial charge in [0.1, 0.15) is 0 Å². The maximum atomic E-state index is 4.23. The van der Waals surface area contributed by atoms with E-state index in [1.807, 2.05) is 0 Å². The second-order valence-electron chi connectivity index (χ2n) is 6.95. The Kier molecular flexibility index (Phi) is 4.91. The van der Waals surface area contributed by atoms with E-state index < -0.39 is 0 Å². The number of hydrogen-bond donors (Lipinski definition) is 0. The molecule has 0 amide bonds. The van der Waals surface area contributed by atoms with E-state index >= 15 is 0 Å². The van der Waals surface area contributed by atoms with Crippen LogP contribution in [0.25, 0.3) is 0 Å². The van der Waals surface area contributed by atoms with E-state index in [4.69, 9.17) is 0 Å². The molecule has 0 bridgehead atoms. The fourth-order valence-corrected chi connectivity index (χ4v) is 3.65. The lowest BCUT2D eigenvalue weighted by Crippen LogP contribution is -2.39. The Morgan fingerprint density at radius 3 is 2.32 bits per heavy atom. The molecule has 0 atom stereocenters. The largest absolute Gasteiger partial charge is 0.359 e. The van der Waals surface area contributed by atoms with Crippen LogP contribution < -0.4 is 0 Å². The Morgan fingerprint density at radius 1 is 1.21 bits per heavy atom. The molecular formula is C16H31N3. The van der Waals surface area contributed by atoms with Crippen molar-refractivity contribution in [2.75, 3.05) is 33.9 Å². The summed E-state index contributed by atoms with van der Waals surface area (Å²) in [5, 5.41) is 0. The average molecular weight is 265 g/mol. The summed E-state index contributed by atoms with van der Waals surface area (Å²) in [7, 11) is 4.38. The summed E-state index contributed by atoms with van der Waals surface area (Å²) in [5.41, 5.74) is 1.31. The van der Waals surface area contributed by atoms with Crippen molar-refractivity contribution in [1.29, 1.82) is 0 Å². The molecule has 1 aliphatic heterocycles. The minimum Gasteiger partial charge on any atom is -0.359 e. The maximum absolute atomic E-state index is 4.23. The first-order valence-electron chi connectivity index (χ1n) is 7.80. The Hall–Kier alpha value is -0.540. The topological polar surface area (TPSA) is 9.72 Å². The highest BCUT2D eigenvalue weighted by molar-refractivity contribution is 5.05.